The van der Waals surface area contributed by atoms with Gasteiger partial charge in [0.05, 0.1) is 17.6 Å². The van der Waals surface area contributed by atoms with Gasteiger partial charge in [0, 0.05) is 17.6 Å². The molecule has 0 nitrogen and oxygen atoms in total. The maximum absolute atomic E-state index is 2.37. The molecule has 0 aromatic heterocycles. The Labute approximate surface area is 151 Å². The first-order valence-electron chi connectivity index (χ1n) is 8.66. The van der Waals surface area contributed by atoms with E-state index in [0.717, 1.165) is 33.2 Å². The maximum atomic E-state index is 2.37. The molecule has 0 saturated heterocycles. The van der Waals surface area contributed by atoms with Crippen LogP contribution < -0.4 is 0 Å². The first-order chi connectivity index (χ1) is 8.93. The summed E-state index contributed by atoms with van der Waals surface area (Å²) in [6, 6.07) is 0. The van der Waals surface area contributed by atoms with Crippen molar-refractivity contribution in [2.45, 2.75) is 116 Å². The Balaban J connectivity index is -0.000000295. The average Bonchev–Trinajstić information content (AvgIpc) is 2.12. The van der Waals surface area contributed by atoms with Gasteiger partial charge in [-0.25, -0.2) is 0 Å². The average molecular weight is 387 g/mol. The van der Waals surface area contributed by atoms with E-state index in [-0.39, 0.29) is 35.2 Å². The fourth-order valence-corrected chi connectivity index (χ4v) is 12.0. The van der Waals surface area contributed by atoms with Crippen LogP contribution >= 0.6 is 0 Å². The van der Waals surface area contributed by atoms with Gasteiger partial charge < -0.3 is 0 Å². The van der Waals surface area contributed by atoms with Crippen LogP contribution in [0.5, 0.6) is 0 Å². The molecular weight excluding hydrogens is 345 g/mol. The van der Waals surface area contributed by atoms with Crippen molar-refractivity contribution in [2.75, 3.05) is 0 Å². The predicted octanol–water partition coefficient (Wildman–Crippen LogP) is 7.04. The molecule has 0 aliphatic heterocycles. The normalized spacial score (nSPS) is 12.0. The van der Waals surface area contributed by atoms with Crippen molar-refractivity contribution in [1.82, 2.24) is 0 Å². The summed E-state index contributed by atoms with van der Waals surface area (Å²) in [7, 11) is -0.191. The van der Waals surface area contributed by atoms with Gasteiger partial charge >= 0.3 is 0 Å². The monoisotopic (exact) mass is 388 g/mol. The summed E-state index contributed by atoms with van der Waals surface area (Å²) in [5.74, 6) is 0. The summed E-state index contributed by atoms with van der Waals surface area (Å²) in [6.07, 6.45) is 0. The third-order valence-electron chi connectivity index (χ3n) is 4.00. The summed E-state index contributed by atoms with van der Waals surface area (Å²) in [6.45, 7) is 28.4. The largest absolute Gasteiger partial charge is 0.0653 e. The minimum Gasteiger partial charge on any atom is -0.0653 e. The van der Waals surface area contributed by atoms with Gasteiger partial charge in [0.1, 0.15) is 0 Å². The van der Waals surface area contributed by atoms with E-state index in [1.54, 1.807) is 0 Å². The molecule has 21 heavy (non-hydrogen) atoms. The van der Waals surface area contributed by atoms with E-state index < -0.39 is 0 Å². The molecule has 0 heterocycles. The van der Waals surface area contributed by atoms with Crippen LogP contribution in [0.25, 0.3) is 0 Å². The molecule has 126 valence electrons. The zero-order valence-electron chi connectivity index (χ0n) is 17.0. The van der Waals surface area contributed by atoms with E-state index >= 15 is 0 Å². The van der Waals surface area contributed by atoms with Gasteiger partial charge in [-0.3, -0.25) is 0 Å². The fourth-order valence-electron chi connectivity index (χ4n) is 4.00. The van der Waals surface area contributed by atoms with Crippen molar-refractivity contribution < 1.29 is 0 Å². The zero-order valence-corrected chi connectivity index (χ0v) is 21.1. The van der Waals surface area contributed by atoms with Crippen molar-refractivity contribution in [3.8, 4) is 0 Å². The van der Waals surface area contributed by atoms with Crippen LogP contribution in [-0.2, 0) is 0 Å². The Morgan fingerprint density at radius 1 is 0.333 bits per heavy atom. The van der Waals surface area contributed by atoms with E-state index in [0.29, 0.717) is 0 Å². The molecule has 3 heteroatoms. The third kappa shape index (κ3) is 12.1. The Hall–Kier alpha value is 0.977. The zero-order chi connectivity index (χ0) is 16.6. The molecule has 0 bridgehead atoms. The van der Waals surface area contributed by atoms with Gasteiger partial charge in [-0.2, -0.15) is 0 Å². The Kier molecular flexibility index (Phi) is 17.2. The molecule has 0 aliphatic carbocycles. The van der Waals surface area contributed by atoms with E-state index in [1.165, 1.54) is 0 Å². The number of hydrogen-bond acceptors (Lipinski definition) is 0. The third-order valence-corrected chi connectivity index (χ3v) is 12.0. The first kappa shape index (κ1) is 26.9. The van der Waals surface area contributed by atoms with Gasteiger partial charge in [-0.05, 0) is 0 Å². The standard InChI is InChI=1S/2C9H21Si.Ge/c2*1-7(2)10(8(3)4)9(5)6;/h2*7-9H,1-6H3;. The van der Waals surface area contributed by atoms with E-state index in [9.17, 15) is 0 Å². The van der Waals surface area contributed by atoms with Gasteiger partial charge in [0.15, 0.2) is 0 Å². The molecular formula is C18H42GeSi2. The summed E-state index contributed by atoms with van der Waals surface area (Å²) < 4.78 is 0. The summed E-state index contributed by atoms with van der Waals surface area (Å²) >= 11 is 0. The molecule has 0 aliphatic rings. The first-order valence-corrected chi connectivity index (χ1v) is 12.1. The van der Waals surface area contributed by atoms with Crippen LogP contribution in [0.15, 0.2) is 0 Å². The number of rotatable bonds is 6. The topological polar surface area (TPSA) is 0 Å². The van der Waals surface area contributed by atoms with E-state index in [2.05, 4.69) is 83.1 Å². The van der Waals surface area contributed by atoms with Gasteiger partial charge in [0.2, 0.25) is 0 Å². The maximum Gasteiger partial charge on any atom is 0.0561 e. The van der Waals surface area contributed by atoms with E-state index in [4.69, 9.17) is 0 Å². The Bertz CT molecular complexity index is 161. The van der Waals surface area contributed by atoms with Gasteiger partial charge in [-0.15, -0.1) is 0 Å². The van der Waals surface area contributed by atoms with Crippen molar-refractivity contribution in [3.63, 3.8) is 0 Å². The smallest absolute Gasteiger partial charge is 0.0561 e. The Morgan fingerprint density at radius 3 is 0.429 bits per heavy atom. The van der Waals surface area contributed by atoms with Crippen LogP contribution in [-0.4, -0.2) is 35.2 Å². The van der Waals surface area contributed by atoms with Crippen LogP contribution in [0.3, 0.4) is 0 Å². The van der Waals surface area contributed by atoms with Crippen molar-refractivity contribution in [3.05, 3.63) is 0 Å². The summed E-state index contributed by atoms with van der Waals surface area (Å²) in [4.78, 5) is 0. The molecule has 0 spiro atoms. The molecule has 0 aromatic carbocycles. The molecule has 0 rings (SSSR count). The summed E-state index contributed by atoms with van der Waals surface area (Å²) in [5, 5.41) is 0. The van der Waals surface area contributed by atoms with Crippen molar-refractivity contribution in [2.24, 2.45) is 0 Å². The molecule has 0 atom stereocenters. The molecule has 0 N–H and O–H groups in total. The van der Waals surface area contributed by atoms with Crippen molar-refractivity contribution in [1.29, 1.82) is 0 Å². The Morgan fingerprint density at radius 2 is 0.429 bits per heavy atom. The molecule has 0 amide bonds. The second kappa shape index (κ2) is 13.4. The molecule has 0 aromatic rings. The van der Waals surface area contributed by atoms with Crippen LogP contribution in [0.1, 0.15) is 83.1 Å². The van der Waals surface area contributed by atoms with Crippen LogP contribution in [0.2, 0.25) is 33.2 Å². The predicted molar refractivity (Wildman–Crippen MR) is 108 cm³/mol. The van der Waals surface area contributed by atoms with Crippen LogP contribution in [0.4, 0.5) is 0 Å². The molecule has 0 saturated carbocycles. The second-order valence-electron chi connectivity index (χ2n) is 7.93. The molecule has 6 radical (unpaired) electrons. The minimum atomic E-state index is -0.0957. The fraction of sp³-hybridized carbons (Fsp3) is 1.00. The van der Waals surface area contributed by atoms with Crippen LogP contribution in [0, 0.1) is 0 Å². The quantitative estimate of drug-likeness (QED) is 0.429. The SMILES string of the molecule is CC(C)[Si](C(C)C)C(C)C.CC(C)[Si](C(C)C)C(C)C.[Ge]. The summed E-state index contributed by atoms with van der Waals surface area (Å²) in [5.41, 5.74) is 5.61. The minimum absolute atomic E-state index is 0. The number of hydrogen-bond donors (Lipinski definition) is 0. The van der Waals surface area contributed by atoms with Gasteiger partial charge in [0.25, 0.3) is 0 Å². The molecule has 0 fully saturated rings. The van der Waals surface area contributed by atoms with Crippen molar-refractivity contribution >= 4 is 35.2 Å². The second-order valence-corrected chi connectivity index (χ2v) is 16.9. The van der Waals surface area contributed by atoms with Gasteiger partial charge in [-0.1, -0.05) is 116 Å². The van der Waals surface area contributed by atoms with E-state index in [1.807, 2.05) is 0 Å². The molecule has 0 unspecified atom stereocenters.